The third-order valence-corrected chi connectivity index (χ3v) is 5.74. The van der Waals surface area contributed by atoms with Crippen molar-refractivity contribution in [2.45, 2.75) is 25.7 Å². The lowest BCUT2D eigenvalue weighted by Gasteiger charge is -2.10. The highest BCUT2D eigenvalue weighted by Gasteiger charge is 2.32. The quantitative estimate of drug-likeness (QED) is 0.893. The van der Waals surface area contributed by atoms with Gasteiger partial charge in [0.15, 0.2) is 9.84 Å². The van der Waals surface area contributed by atoms with Gasteiger partial charge < -0.3 is 5.32 Å². The van der Waals surface area contributed by atoms with Crippen LogP contribution in [0, 0.1) is 5.92 Å². The Kier molecular flexibility index (Phi) is 3.09. The molecule has 3 rings (SSSR count). The highest BCUT2D eigenvalue weighted by molar-refractivity contribution is 7.91. The van der Waals surface area contributed by atoms with E-state index in [0.29, 0.717) is 6.42 Å². The van der Waals surface area contributed by atoms with E-state index in [2.05, 4.69) is 11.4 Å². The summed E-state index contributed by atoms with van der Waals surface area (Å²) in [5.41, 5.74) is 3.45. The summed E-state index contributed by atoms with van der Waals surface area (Å²) >= 11 is 0. The third-order valence-electron chi connectivity index (χ3n) is 3.97. The van der Waals surface area contributed by atoms with Gasteiger partial charge in [0.2, 0.25) is 5.91 Å². The van der Waals surface area contributed by atoms with Gasteiger partial charge in [0, 0.05) is 5.69 Å². The minimum absolute atomic E-state index is 0.0101. The number of nitrogens with one attached hydrogen (secondary N) is 1. The Morgan fingerprint density at radius 3 is 2.74 bits per heavy atom. The van der Waals surface area contributed by atoms with Gasteiger partial charge in [0.1, 0.15) is 0 Å². The first-order chi connectivity index (χ1) is 9.03. The van der Waals surface area contributed by atoms with Crippen LogP contribution >= 0.6 is 0 Å². The first kappa shape index (κ1) is 12.7. The van der Waals surface area contributed by atoms with E-state index >= 15 is 0 Å². The van der Waals surface area contributed by atoms with E-state index in [4.69, 9.17) is 0 Å². The normalized spacial score (nSPS) is 24.1. The number of rotatable bonds is 2. The van der Waals surface area contributed by atoms with Crippen molar-refractivity contribution in [1.29, 1.82) is 0 Å². The van der Waals surface area contributed by atoms with E-state index in [-0.39, 0.29) is 17.4 Å². The summed E-state index contributed by atoms with van der Waals surface area (Å²) in [5, 5.41) is 2.85. The van der Waals surface area contributed by atoms with Crippen LogP contribution in [-0.4, -0.2) is 25.8 Å². The maximum atomic E-state index is 12.0. The zero-order valence-corrected chi connectivity index (χ0v) is 11.5. The Labute approximate surface area is 113 Å². The lowest BCUT2D eigenvalue weighted by Crippen LogP contribution is -2.23. The fraction of sp³-hybridized carbons (Fsp3) is 0.500. The molecule has 4 nitrogen and oxygen atoms in total. The second kappa shape index (κ2) is 4.63. The van der Waals surface area contributed by atoms with Crippen LogP contribution in [-0.2, 0) is 27.5 Å². The number of hydrogen-bond acceptors (Lipinski definition) is 3. The summed E-state index contributed by atoms with van der Waals surface area (Å²) in [5.74, 6) is -0.434. The number of benzene rings is 1. The molecular formula is C14H17NO3S. The van der Waals surface area contributed by atoms with E-state index < -0.39 is 15.8 Å². The maximum absolute atomic E-state index is 12.0. The molecule has 0 radical (unpaired) electrons. The molecule has 0 aromatic heterocycles. The van der Waals surface area contributed by atoms with Gasteiger partial charge in [-0.05, 0) is 48.9 Å². The molecule has 0 bridgehead atoms. The molecule has 1 aliphatic heterocycles. The summed E-state index contributed by atoms with van der Waals surface area (Å²) in [7, 11) is -3.00. The Morgan fingerprint density at radius 2 is 2.00 bits per heavy atom. The molecule has 1 atom stereocenters. The molecule has 0 saturated carbocycles. The molecule has 1 aromatic carbocycles. The molecule has 19 heavy (non-hydrogen) atoms. The van der Waals surface area contributed by atoms with Crippen LogP contribution in [0.4, 0.5) is 5.69 Å². The first-order valence-corrected chi connectivity index (χ1v) is 8.49. The number of amides is 1. The molecule has 1 aromatic rings. The monoisotopic (exact) mass is 279 g/mol. The van der Waals surface area contributed by atoms with Crippen LogP contribution in [0.2, 0.25) is 0 Å². The summed E-state index contributed by atoms with van der Waals surface area (Å²) in [4.78, 5) is 12.0. The molecule has 2 aliphatic rings. The van der Waals surface area contributed by atoms with Crippen molar-refractivity contribution in [1.82, 2.24) is 0 Å². The van der Waals surface area contributed by atoms with E-state index in [1.54, 1.807) is 0 Å². The molecular weight excluding hydrogens is 262 g/mol. The van der Waals surface area contributed by atoms with Crippen molar-refractivity contribution in [2.75, 3.05) is 16.8 Å². The van der Waals surface area contributed by atoms with Crippen LogP contribution in [0.1, 0.15) is 24.0 Å². The molecule has 102 valence electrons. The van der Waals surface area contributed by atoms with Crippen molar-refractivity contribution in [3.05, 3.63) is 29.3 Å². The molecule has 1 aliphatic carbocycles. The smallest absolute Gasteiger partial charge is 0.228 e. The molecule has 1 fully saturated rings. The Bertz CT molecular complexity index is 622. The molecule has 1 N–H and O–H groups in total. The van der Waals surface area contributed by atoms with Crippen molar-refractivity contribution in [2.24, 2.45) is 5.92 Å². The minimum atomic E-state index is -3.00. The Hall–Kier alpha value is -1.36. The number of aryl methyl sites for hydroxylation is 2. The SMILES string of the molecule is O=C(Nc1ccc2c(c1)CCC2)C1CCS(=O)(=O)C1. The largest absolute Gasteiger partial charge is 0.326 e. The van der Waals surface area contributed by atoms with E-state index in [9.17, 15) is 13.2 Å². The summed E-state index contributed by atoms with van der Waals surface area (Å²) in [6.07, 6.45) is 3.80. The van der Waals surface area contributed by atoms with Gasteiger partial charge in [0.05, 0.1) is 17.4 Å². The highest BCUT2D eigenvalue weighted by Crippen LogP contribution is 2.26. The van der Waals surface area contributed by atoms with Gasteiger partial charge in [0.25, 0.3) is 0 Å². The van der Waals surface area contributed by atoms with Crippen LogP contribution in [0.5, 0.6) is 0 Å². The van der Waals surface area contributed by atoms with E-state index in [1.807, 2.05) is 12.1 Å². The van der Waals surface area contributed by atoms with Gasteiger partial charge >= 0.3 is 0 Å². The van der Waals surface area contributed by atoms with Gasteiger partial charge in [-0.25, -0.2) is 8.42 Å². The summed E-state index contributed by atoms with van der Waals surface area (Å²) in [6, 6.07) is 5.98. The molecule has 1 saturated heterocycles. The summed E-state index contributed by atoms with van der Waals surface area (Å²) < 4.78 is 22.7. The van der Waals surface area contributed by atoms with Crippen molar-refractivity contribution >= 4 is 21.4 Å². The molecule has 5 heteroatoms. The molecule has 1 unspecified atom stereocenters. The second-order valence-corrected chi connectivity index (χ2v) is 7.65. The highest BCUT2D eigenvalue weighted by atomic mass is 32.2. The fourth-order valence-corrected chi connectivity index (χ4v) is 4.64. The lowest BCUT2D eigenvalue weighted by atomic mass is 10.1. The molecule has 1 amide bonds. The van der Waals surface area contributed by atoms with Crippen LogP contribution in [0.15, 0.2) is 18.2 Å². The lowest BCUT2D eigenvalue weighted by molar-refractivity contribution is -0.119. The number of carbonyl (C=O) groups is 1. The summed E-state index contributed by atoms with van der Waals surface area (Å²) in [6.45, 7) is 0. The first-order valence-electron chi connectivity index (χ1n) is 6.67. The topological polar surface area (TPSA) is 63.2 Å². The van der Waals surface area contributed by atoms with Crippen molar-refractivity contribution in [3.63, 3.8) is 0 Å². The third kappa shape index (κ3) is 2.66. The maximum Gasteiger partial charge on any atom is 0.228 e. The van der Waals surface area contributed by atoms with Crippen LogP contribution < -0.4 is 5.32 Å². The predicted octanol–water partition coefficient (Wildman–Crippen LogP) is 1.55. The van der Waals surface area contributed by atoms with Crippen LogP contribution in [0.3, 0.4) is 0 Å². The average molecular weight is 279 g/mol. The van der Waals surface area contributed by atoms with Gasteiger partial charge in [-0.3, -0.25) is 4.79 Å². The predicted molar refractivity (Wildman–Crippen MR) is 73.9 cm³/mol. The zero-order chi connectivity index (χ0) is 13.5. The minimum Gasteiger partial charge on any atom is -0.326 e. The number of carbonyl (C=O) groups excluding carboxylic acids is 1. The average Bonchev–Trinajstić information content (AvgIpc) is 2.94. The van der Waals surface area contributed by atoms with Gasteiger partial charge in [-0.2, -0.15) is 0 Å². The number of anilines is 1. The van der Waals surface area contributed by atoms with Gasteiger partial charge in [-0.1, -0.05) is 6.07 Å². The van der Waals surface area contributed by atoms with E-state index in [1.165, 1.54) is 17.5 Å². The molecule has 1 heterocycles. The zero-order valence-electron chi connectivity index (χ0n) is 10.7. The second-order valence-electron chi connectivity index (χ2n) is 5.43. The standard InChI is InChI=1S/C14H17NO3S/c16-14(12-6-7-19(17,18)9-12)15-13-5-4-10-2-1-3-11(10)8-13/h4-5,8,12H,1-3,6-7,9H2,(H,15,16). The fourth-order valence-electron chi connectivity index (χ4n) is 2.90. The van der Waals surface area contributed by atoms with Crippen molar-refractivity contribution in [3.8, 4) is 0 Å². The number of sulfone groups is 1. The van der Waals surface area contributed by atoms with Gasteiger partial charge in [-0.15, -0.1) is 0 Å². The van der Waals surface area contributed by atoms with Crippen LogP contribution in [0.25, 0.3) is 0 Å². The Balaban J connectivity index is 1.70. The van der Waals surface area contributed by atoms with E-state index in [0.717, 1.165) is 18.5 Å². The number of fused-ring (bicyclic) bond motifs is 1. The number of hydrogen-bond donors (Lipinski definition) is 1. The Morgan fingerprint density at radius 1 is 1.21 bits per heavy atom. The van der Waals surface area contributed by atoms with Crippen molar-refractivity contribution < 1.29 is 13.2 Å². The molecule has 0 spiro atoms.